The molecular formula is C10H19NO. The van der Waals surface area contributed by atoms with Gasteiger partial charge >= 0.3 is 0 Å². The van der Waals surface area contributed by atoms with Crippen LogP contribution in [0.2, 0.25) is 0 Å². The Morgan fingerprint density at radius 1 is 1.25 bits per heavy atom. The maximum absolute atomic E-state index is 11.1. The lowest BCUT2D eigenvalue weighted by atomic mass is 9.87. The monoisotopic (exact) mass is 169 g/mol. The molecule has 0 radical (unpaired) electrons. The molecule has 1 aliphatic carbocycles. The Hall–Kier alpha value is -0.530. The molecule has 12 heavy (non-hydrogen) atoms. The van der Waals surface area contributed by atoms with E-state index in [0.717, 1.165) is 5.92 Å². The molecule has 1 saturated carbocycles. The van der Waals surface area contributed by atoms with Gasteiger partial charge in [-0.2, -0.15) is 0 Å². The molecule has 0 aliphatic heterocycles. The zero-order valence-electron chi connectivity index (χ0n) is 8.34. The SMILES string of the molecule is CC(=O)N(C)[C@H]1CC[C@H](C)CC1. The summed E-state index contributed by atoms with van der Waals surface area (Å²) in [4.78, 5) is 12.9. The maximum atomic E-state index is 11.1. The first-order valence-electron chi connectivity index (χ1n) is 4.84. The Kier molecular flexibility index (Phi) is 3.12. The van der Waals surface area contributed by atoms with E-state index in [2.05, 4.69) is 6.92 Å². The van der Waals surface area contributed by atoms with Crippen LogP contribution in [0.5, 0.6) is 0 Å². The van der Waals surface area contributed by atoms with Crippen molar-refractivity contribution >= 4 is 5.91 Å². The molecule has 0 unspecified atom stereocenters. The average molecular weight is 169 g/mol. The van der Waals surface area contributed by atoms with E-state index in [0.29, 0.717) is 6.04 Å². The molecule has 0 spiro atoms. The zero-order valence-corrected chi connectivity index (χ0v) is 8.34. The van der Waals surface area contributed by atoms with Crippen LogP contribution < -0.4 is 0 Å². The van der Waals surface area contributed by atoms with Gasteiger partial charge < -0.3 is 4.90 Å². The summed E-state index contributed by atoms with van der Waals surface area (Å²) in [5.41, 5.74) is 0. The summed E-state index contributed by atoms with van der Waals surface area (Å²) in [5.74, 6) is 1.07. The van der Waals surface area contributed by atoms with Gasteiger partial charge in [-0.3, -0.25) is 4.79 Å². The average Bonchev–Trinajstić information content (AvgIpc) is 2.04. The van der Waals surface area contributed by atoms with Crippen LogP contribution in [0.3, 0.4) is 0 Å². The number of hydrogen-bond acceptors (Lipinski definition) is 1. The molecule has 0 heterocycles. The molecule has 0 aromatic heterocycles. The smallest absolute Gasteiger partial charge is 0.219 e. The molecular weight excluding hydrogens is 150 g/mol. The highest BCUT2D eigenvalue weighted by molar-refractivity contribution is 5.73. The lowest BCUT2D eigenvalue weighted by molar-refractivity contribution is -0.130. The lowest BCUT2D eigenvalue weighted by Gasteiger charge is -2.32. The Bertz CT molecular complexity index is 159. The Labute approximate surface area is 74.9 Å². The first-order valence-corrected chi connectivity index (χ1v) is 4.84. The summed E-state index contributed by atoms with van der Waals surface area (Å²) >= 11 is 0. The van der Waals surface area contributed by atoms with Gasteiger partial charge in [-0.25, -0.2) is 0 Å². The van der Waals surface area contributed by atoms with E-state index < -0.39 is 0 Å². The van der Waals surface area contributed by atoms with Crippen molar-refractivity contribution < 1.29 is 4.79 Å². The number of carbonyl (C=O) groups excluding carboxylic acids is 1. The van der Waals surface area contributed by atoms with E-state index in [9.17, 15) is 4.79 Å². The molecule has 0 aromatic carbocycles. The number of carbonyl (C=O) groups is 1. The van der Waals surface area contributed by atoms with Crippen LogP contribution in [0.4, 0.5) is 0 Å². The molecule has 2 nitrogen and oxygen atoms in total. The van der Waals surface area contributed by atoms with Crippen molar-refractivity contribution in [3.63, 3.8) is 0 Å². The van der Waals surface area contributed by atoms with E-state index in [4.69, 9.17) is 0 Å². The molecule has 0 aromatic rings. The van der Waals surface area contributed by atoms with E-state index in [1.807, 2.05) is 11.9 Å². The van der Waals surface area contributed by atoms with Gasteiger partial charge in [-0.15, -0.1) is 0 Å². The van der Waals surface area contributed by atoms with E-state index >= 15 is 0 Å². The third kappa shape index (κ3) is 2.23. The summed E-state index contributed by atoms with van der Waals surface area (Å²) in [6, 6.07) is 0.513. The van der Waals surface area contributed by atoms with Gasteiger partial charge in [0.2, 0.25) is 5.91 Å². The molecule has 2 heteroatoms. The normalized spacial score (nSPS) is 29.9. The van der Waals surface area contributed by atoms with Crippen molar-refractivity contribution in [2.75, 3.05) is 7.05 Å². The van der Waals surface area contributed by atoms with E-state index in [1.54, 1.807) is 6.92 Å². The summed E-state index contributed by atoms with van der Waals surface area (Å²) in [6.07, 6.45) is 4.94. The van der Waals surface area contributed by atoms with Crippen LogP contribution in [0.15, 0.2) is 0 Å². The number of nitrogens with zero attached hydrogens (tertiary/aromatic N) is 1. The minimum absolute atomic E-state index is 0.203. The highest BCUT2D eigenvalue weighted by atomic mass is 16.2. The van der Waals surface area contributed by atoms with Crippen molar-refractivity contribution in [2.24, 2.45) is 5.92 Å². The molecule has 1 rings (SSSR count). The van der Waals surface area contributed by atoms with E-state index in [-0.39, 0.29) is 5.91 Å². The second-order valence-corrected chi connectivity index (χ2v) is 4.04. The van der Waals surface area contributed by atoms with E-state index in [1.165, 1.54) is 25.7 Å². The van der Waals surface area contributed by atoms with Gasteiger partial charge in [0, 0.05) is 20.0 Å². The molecule has 0 atom stereocenters. The molecule has 0 bridgehead atoms. The van der Waals surface area contributed by atoms with Crippen molar-refractivity contribution in [1.29, 1.82) is 0 Å². The van der Waals surface area contributed by atoms with Gasteiger partial charge in [0.25, 0.3) is 0 Å². The molecule has 0 N–H and O–H groups in total. The zero-order chi connectivity index (χ0) is 9.14. The number of rotatable bonds is 1. The Morgan fingerprint density at radius 2 is 1.75 bits per heavy atom. The first kappa shape index (κ1) is 9.56. The number of amides is 1. The molecule has 1 fully saturated rings. The fraction of sp³-hybridized carbons (Fsp3) is 0.900. The predicted octanol–water partition coefficient (Wildman–Crippen LogP) is 2.04. The van der Waals surface area contributed by atoms with Crippen molar-refractivity contribution in [1.82, 2.24) is 4.90 Å². The number of hydrogen-bond donors (Lipinski definition) is 0. The van der Waals surface area contributed by atoms with Gasteiger partial charge in [0.1, 0.15) is 0 Å². The van der Waals surface area contributed by atoms with Crippen LogP contribution in [0.1, 0.15) is 39.5 Å². The fourth-order valence-electron chi connectivity index (χ4n) is 1.89. The van der Waals surface area contributed by atoms with Gasteiger partial charge in [-0.1, -0.05) is 6.92 Å². The topological polar surface area (TPSA) is 20.3 Å². The molecule has 0 saturated heterocycles. The van der Waals surface area contributed by atoms with Gasteiger partial charge in [0.15, 0.2) is 0 Å². The van der Waals surface area contributed by atoms with Crippen LogP contribution in [0, 0.1) is 5.92 Å². The summed E-state index contributed by atoms with van der Waals surface area (Å²) in [7, 11) is 1.92. The minimum atomic E-state index is 0.203. The van der Waals surface area contributed by atoms with Crippen molar-refractivity contribution in [2.45, 2.75) is 45.6 Å². The second kappa shape index (κ2) is 3.92. The van der Waals surface area contributed by atoms with Crippen molar-refractivity contribution in [3.05, 3.63) is 0 Å². The lowest BCUT2D eigenvalue weighted by Crippen LogP contribution is -2.37. The Morgan fingerprint density at radius 3 is 2.17 bits per heavy atom. The van der Waals surface area contributed by atoms with Crippen LogP contribution in [0.25, 0.3) is 0 Å². The largest absolute Gasteiger partial charge is 0.343 e. The van der Waals surface area contributed by atoms with Gasteiger partial charge in [-0.05, 0) is 31.6 Å². The standard InChI is InChI=1S/C10H19NO/c1-8-4-6-10(7-5-8)11(3)9(2)12/h8,10H,4-7H2,1-3H3/t8-,10-. The highest BCUT2D eigenvalue weighted by Crippen LogP contribution is 2.26. The molecule has 1 amide bonds. The summed E-state index contributed by atoms with van der Waals surface area (Å²) in [6.45, 7) is 3.95. The van der Waals surface area contributed by atoms with Crippen LogP contribution in [-0.4, -0.2) is 23.9 Å². The third-order valence-electron chi connectivity index (χ3n) is 3.03. The van der Waals surface area contributed by atoms with Crippen molar-refractivity contribution in [3.8, 4) is 0 Å². The Balaban J connectivity index is 2.39. The quantitative estimate of drug-likeness (QED) is 0.588. The first-order chi connectivity index (χ1) is 5.61. The minimum Gasteiger partial charge on any atom is -0.343 e. The fourth-order valence-corrected chi connectivity index (χ4v) is 1.89. The maximum Gasteiger partial charge on any atom is 0.219 e. The van der Waals surface area contributed by atoms with Crippen LogP contribution >= 0.6 is 0 Å². The van der Waals surface area contributed by atoms with Gasteiger partial charge in [0.05, 0.1) is 0 Å². The molecule has 70 valence electrons. The third-order valence-corrected chi connectivity index (χ3v) is 3.03. The summed E-state index contributed by atoms with van der Waals surface area (Å²) < 4.78 is 0. The highest BCUT2D eigenvalue weighted by Gasteiger charge is 2.22. The second-order valence-electron chi connectivity index (χ2n) is 4.04. The summed E-state index contributed by atoms with van der Waals surface area (Å²) in [5, 5.41) is 0. The predicted molar refractivity (Wildman–Crippen MR) is 49.9 cm³/mol. The molecule has 1 aliphatic rings. The van der Waals surface area contributed by atoms with Crippen LogP contribution in [-0.2, 0) is 4.79 Å².